The number of pyridine rings is 1. The quantitative estimate of drug-likeness (QED) is 0.735. The summed E-state index contributed by atoms with van der Waals surface area (Å²) in [5.74, 6) is -0.00358. The fraction of sp³-hybridized carbons (Fsp3) is 0.188. The first-order chi connectivity index (χ1) is 11.6. The minimum Gasteiger partial charge on any atom is -0.360 e. The van der Waals surface area contributed by atoms with Crippen molar-refractivity contribution in [3.05, 3.63) is 40.6 Å². The van der Waals surface area contributed by atoms with Crippen LogP contribution >= 0.6 is 23.2 Å². The van der Waals surface area contributed by atoms with Gasteiger partial charge in [0.25, 0.3) is 0 Å². The van der Waals surface area contributed by atoms with Gasteiger partial charge in [0.1, 0.15) is 0 Å². The molecule has 0 radical (unpaired) electrons. The van der Waals surface area contributed by atoms with Gasteiger partial charge in [-0.05, 0) is 18.2 Å². The van der Waals surface area contributed by atoms with E-state index in [1.807, 2.05) is 17.0 Å². The van der Waals surface area contributed by atoms with Crippen molar-refractivity contribution in [2.75, 3.05) is 24.5 Å². The first-order valence-corrected chi connectivity index (χ1v) is 8.18. The third kappa shape index (κ3) is 2.57. The summed E-state index contributed by atoms with van der Waals surface area (Å²) in [4.78, 5) is 18.5. The molecule has 6 nitrogen and oxygen atoms in total. The maximum absolute atomic E-state index is 11.8. The highest BCUT2D eigenvalue weighted by molar-refractivity contribution is 6.45. The topological polar surface area (TPSA) is 73.9 Å². The third-order valence-corrected chi connectivity index (χ3v) is 4.82. The standard InChI is InChI=1S/C16H13Cl2N5O/c17-11-2-1-10-13(23-4-3-19-14(24)8-23)5-12(9-6-20-21-7-9)22-16(10)15(11)18/h1-2,5-7H,3-4,8H2,(H,19,24)(H,20,21). The fourth-order valence-electron chi connectivity index (χ4n) is 2.86. The van der Waals surface area contributed by atoms with E-state index in [2.05, 4.69) is 20.5 Å². The Balaban J connectivity index is 1.96. The van der Waals surface area contributed by atoms with Gasteiger partial charge in [0, 0.05) is 35.9 Å². The number of benzene rings is 1. The van der Waals surface area contributed by atoms with Gasteiger partial charge < -0.3 is 10.2 Å². The van der Waals surface area contributed by atoms with E-state index in [1.54, 1.807) is 18.5 Å². The molecule has 1 fully saturated rings. The fourth-order valence-corrected chi connectivity index (χ4v) is 3.22. The van der Waals surface area contributed by atoms with Gasteiger partial charge in [0.15, 0.2) is 0 Å². The van der Waals surface area contributed by atoms with Gasteiger partial charge in [0.2, 0.25) is 5.91 Å². The van der Waals surface area contributed by atoms with E-state index < -0.39 is 0 Å². The monoisotopic (exact) mass is 361 g/mol. The lowest BCUT2D eigenvalue weighted by Gasteiger charge is -2.30. The molecule has 8 heteroatoms. The highest BCUT2D eigenvalue weighted by atomic mass is 35.5. The maximum atomic E-state index is 11.8. The van der Waals surface area contributed by atoms with Gasteiger partial charge in [0.05, 0.1) is 34.0 Å². The number of carbonyl (C=O) groups excluding carboxylic acids is 1. The van der Waals surface area contributed by atoms with Crippen molar-refractivity contribution in [2.24, 2.45) is 0 Å². The molecule has 122 valence electrons. The largest absolute Gasteiger partial charge is 0.360 e. The van der Waals surface area contributed by atoms with Crippen LogP contribution in [0.25, 0.3) is 22.2 Å². The van der Waals surface area contributed by atoms with E-state index in [0.29, 0.717) is 28.7 Å². The molecule has 1 saturated heterocycles. The van der Waals surface area contributed by atoms with Crippen molar-refractivity contribution in [3.63, 3.8) is 0 Å². The van der Waals surface area contributed by atoms with Crippen LogP contribution in [0, 0.1) is 0 Å². The molecule has 3 heterocycles. The Morgan fingerprint density at radius 1 is 1.25 bits per heavy atom. The summed E-state index contributed by atoms with van der Waals surface area (Å²) in [5, 5.41) is 11.3. The van der Waals surface area contributed by atoms with E-state index in [-0.39, 0.29) is 5.91 Å². The first kappa shape index (κ1) is 15.2. The summed E-state index contributed by atoms with van der Waals surface area (Å²) in [6.07, 6.45) is 3.46. The highest BCUT2D eigenvalue weighted by Gasteiger charge is 2.21. The second-order valence-corrected chi connectivity index (χ2v) is 6.33. The number of hydrogen-bond acceptors (Lipinski definition) is 4. The SMILES string of the molecule is O=C1CN(c2cc(-c3cn[nH]c3)nc3c(Cl)c(Cl)ccc23)CCN1. The Hall–Kier alpha value is -2.31. The van der Waals surface area contributed by atoms with Crippen molar-refractivity contribution >= 4 is 45.7 Å². The molecule has 2 N–H and O–H groups in total. The average molecular weight is 362 g/mol. The Kier molecular flexibility index (Phi) is 3.78. The summed E-state index contributed by atoms with van der Waals surface area (Å²) in [5.41, 5.74) is 3.09. The molecule has 1 aliphatic rings. The lowest BCUT2D eigenvalue weighted by atomic mass is 10.1. The summed E-state index contributed by atoms with van der Waals surface area (Å²) >= 11 is 12.5. The number of nitrogens with zero attached hydrogens (tertiary/aromatic N) is 3. The zero-order valence-corrected chi connectivity index (χ0v) is 14.0. The van der Waals surface area contributed by atoms with Crippen LogP contribution in [-0.2, 0) is 4.79 Å². The maximum Gasteiger partial charge on any atom is 0.239 e. The molecule has 1 aromatic carbocycles. The molecule has 0 atom stereocenters. The summed E-state index contributed by atoms with van der Waals surface area (Å²) < 4.78 is 0. The van der Waals surface area contributed by atoms with Gasteiger partial charge in [-0.2, -0.15) is 5.10 Å². The van der Waals surface area contributed by atoms with E-state index in [1.165, 1.54) is 0 Å². The average Bonchev–Trinajstić information content (AvgIpc) is 3.12. The number of carbonyl (C=O) groups is 1. The number of aromatic amines is 1. The molecule has 0 saturated carbocycles. The molecule has 4 rings (SSSR count). The van der Waals surface area contributed by atoms with Crippen LogP contribution < -0.4 is 10.2 Å². The number of piperazine rings is 1. The molecule has 24 heavy (non-hydrogen) atoms. The van der Waals surface area contributed by atoms with E-state index in [9.17, 15) is 4.79 Å². The number of hydrogen-bond donors (Lipinski definition) is 2. The minimum absolute atomic E-state index is 0.00358. The number of rotatable bonds is 2. The molecule has 0 spiro atoms. The lowest BCUT2D eigenvalue weighted by Crippen LogP contribution is -2.47. The van der Waals surface area contributed by atoms with Crippen molar-refractivity contribution in [1.82, 2.24) is 20.5 Å². The Labute approximate surface area is 147 Å². The van der Waals surface area contributed by atoms with Gasteiger partial charge in [-0.15, -0.1) is 0 Å². The van der Waals surface area contributed by atoms with Crippen molar-refractivity contribution in [1.29, 1.82) is 0 Å². The normalized spacial score (nSPS) is 14.9. The number of fused-ring (bicyclic) bond motifs is 1. The van der Waals surface area contributed by atoms with Crippen molar-refractivity contribution < 1.29 is 4.79 Å². The van der Waals surface area contributed by atoms with Crippen LogP contribution in [0.2, 0.25) is 10.0 Å². The number of nitrogens with one attached hydrogen (secondary N) is 2. The van der Waals surface area contributed by atoms with Crippen molar-refractivity contribution in [3.8, 4) is 11.3 Å². The Morgan fingerprint density at radius 2 is 2.12 bits per heavy atom. The molecule has 0 bridgehead atoms. The molecule has 1 aliphatic heterocycles. The van der Waals surface area contributed by atoms with Crippen LogP contribution in [0.15, 0.2) is 30.6 Å². The minimum atomic E-state index is -0.00358. The molecular weight excluding hydrogens is 349 g/mol. The zero-order chi connectivity index (χ0) is 16.7. The van der Waals surface area contributed by atoms with Gasteiger partial charge in [-0.25, -0.2) is 4.98 Å². The number of H-pyrrole nitrogens is 1. The molecule has 0 aliphatic carbocycles. The van der Waals surface area contributed by atoms with Crippen LogP contribution in [0.1, 0.15) is 0 Å². The number of halogens is 2. The van der Waals surface area contributed by atoms with Crippen LogP contribution in [0.3, 0.4) is 0 Å². The number of aromatic nitrogens is 3. The summed E-state index contributed by atoms with van der Waals surface area (Å²) in [7, 11) is 0. The lowest BCUT2D eigenvalue weighted by molar-refractivity contribution is -0.120. The van der Waals surface area contributed by atoms with Crippen LogP contribution in [0.4, 0.5) is 5.69 Å². The summed E-state index contributed by atoms with van der Waals surface area (Å²) in [6.45, 7) is 1.62. The molecular formula is C16H13Cl2N5O. The van der Waals surface area contributed by atoms with Gasteiger partial charge >= 0.3 is 0 Å². The molecule has 2 aromatic heterocycles. The molecule has 1 amide bonds. The zero-order valence-electron chi connectivity index (χ0n) is 12.5. The molecule has 3 aromatic rings. The van der Waals surface area contributed by atoms with E-state index >= 15 is 0 Å². The highest BCUT2D eigenvalue weighted by Crippen LogP contribution is 2.37. The van der Waals surface area contributed by atoms with Crippen molar-refractivity contribution in [2.45, 2.75) is 0 Å². The summed E-state index contributed by atoms with van der Waals surface area (Å²) in [6, 6.07) is 5.59. The smallest absolute Gasteiger partial charge is 0.239 e. The second kappa shape index (κ2) is 5.96. The van der Waals surface area contributed by atoms with Gasteiger partial charge in [-0.1, -0.05) is 23.2 Å². The third-order valence-electron chi connectivity index (χ3n) is 4.02. The van der Waals surface area contributed by atoms with Crippen LogP contribution in [-0.4, -0.2) is 40.7 Å². The van der Waals surface area contributed by atoms with Crippen LogP contribution in [0.5, 0.6) is 0 Å². The Morgan fingerprint density at radius 3 is 2.88 bits per heavy atom. The van der Waals surface area contributed by atoms with E-state index in [0.717, 1.165) is 28.9 Å². The second-order valence-electron chi connectivity index (χ2n) is 5.54. The predicted molar refractivity (Wildman–Crippen MR) is 94.6 cm³/mol. The first-order valence-electron chi connectivity index (χ1n) is 7.43. The number of amides is 1. The van der Waals surface area contributed by atoms with Gasteiger partial charge in [-0.3, -0.25) is 9.89 Å². The van der Waals surface area contributed by atoms with E-state index in [4.69, 9.17) is 23.2 Å². The Bertz CT molecular complexity index is 926. The number of anilines is 1. The predicted octanol–water partition coefficient (Wildman–Crippen LogP) is 2.87. The molecule has 0 unspecified atom stereocenters.